The van der Waals surface area contributed by atoms with Crippen molar-refractivity contribution < 1.29 is 42.0 Å². The number of sulfonamides is 1. The van der Waals surface area contributed by atoms with Gasteiger partial charge in [-0.3, -0.25) is 0 Å². The van der Waals surface area contributed by atoms with E-state index in [4.69, 9.17) is 23.7 Å². The number of methoxy groups -OCH3 is 1. The van der Waals surface area contributed by atoms with E-state index in [0.717, 1.165) is 44.1 Å². The highest BCUT2D eigenvalue weighted by molar-refractivity contribution is 7.89. The first-order valence-corrected chi connectivity index (χ1v) is 16.0. The van der Waals surface area contributed by atoms with Gasteiger partial charge in [-0.2, -0.15) is 4.72 Å². The fourth-order valence-corrected chi connectivity index (χ4v) is 6.92. The molecule has 0 bridgehead atoms. The number of hydrogen-bond acceptors (Lipinski definition) is 9. The van der Waals surface area contributed by atoms with Crippen molar-refractivity contribution in [2.45, 2.75) is 86.7 Å². The van der Waals surface area contributed by atoms with Gasteiger partial charge in [-0.25, -0.2) is 13.2 Å². The molecule has 0 spiro atoms. The van der Waals surface area contributed by atoms with Gasteiger partial charge in [-0.1, -0.05) is 43.2 Å². The summed E-state index contributed by atoms with van der Waals surface area (Å²) in [6.45, 7) is 0.837. The first-order valence-electron chi connectivity index (χ1n) is 14.6. The number of ether oxygens (including phenoxy) is 5. The summed E-state index contributed by atoms with van der Waals surface area (Å²) in [5.41, 5.74) is 0.837. The van der Waals surface area contributed by atoms with Gasteiger partial charge in [0, 0.05) is 12.5 Å². The van der Waals surface area contributed by atoms with E-state index in [0.29, 0.717) is 12.4 Å². The molecule has 0 radical (unpaired) electrons. The molecule has 1 amide bonds. The lowest BCUT2D eigenvalue weighted by molar-refractivity contribution is -0.152. The average molecular weight is 605 g/mol. The number of nitrogens with one attached hydrogen (secondary N) is 2. The van der Waals surface area contributed by atoms with E-state index < -0.39 is 40.6 Å². The van der Waals surface area contributed by atoms with Crippen LogP contribution in [-0.4, -0.2) is 76.8 Å². The number of alkyl carbamates (subject to hydrolysis) is 1. The predicted molar refractivity (Wildman–Crippen MR) is 152 cm³/mol. The minimum Gasteiger partial charge on any atom is -0.497 e. The van der Waals surface area contributed by atoms with Crippen molar-refractivity contribution in [2.75, 3.05) is 20.3 Å². The molecule has 11 nitrogen and oxygen atoms in total. The van der Waals surface area contributed by atoms with E-state index >= 15 is 0 Å². The second-order valence-electron chi connectivity index (χ2n) is 11.0. The molecule has 5 rings (SSSR count). The zero-order valence-corrected chi connectivity index (χ0v) is 24.5. The Morgan fingerprint density at radius 2 is 1.76 bits per heavy atom. The second-order valence-corrected chi connectivity index (χ2v) is 12.7. The van der Waals surface area contributed by atoms with Crippen LogP contribution in [0.1, 0.15) is 44.1 Å². The zero-order chi connectivity index (χ0) is 29.5. The third-order valence-electron chi connectivity index (χ3n) is 8.08. The Hall–Kier alpha value is -2.74. The number of carbonyl (C=O) groups is 1. The predicted octanol–water partition coefficient (Wildman–Crippen LogP) is 3.11. The maximum atomic E-state index is 13.4. The first-order chi connectivity index (χ1) is 20.3. The molecule has 2 aliphatic heterocycles. The third kappa shape index (κ3) is 7.80. The summed E-state index contributed by atoms with van der Waals surface area (Å²) >= 11 is 0. The molecular weight excluding hydrogens is 564 g/mol. The second kappa shape index (κ2) is 14.2. The molecule has 12 heteroatoms. The maximum Gasteiger partial charge on any atom is 0.407 e. The molecule has 3 fully saturated rings. The summed E-state index contributed by atoms with van der Waals surface area (Å²) in [6.07, 6.45) is 0.676. The van der Waals surface area contributed by atoms with Gasteiger partial charge in [0.25, 0.3) is 0 Å². The van der Waals surface area contributed by atoms with E-state index in [1.807, 2.05) is 30.3 Å². The molecule has 42 heavy (non-hydrogen) atoms. The van der Waals surface area contributed by atoms with Crippen LogP contribution in [0, 0.1) is 5.92 Å². The van der Waals surface area contributed by atoms with Gasteiger partial charge in [0.2, 0.25) is 10.0 Å². The zero-order valence-electron chi connectivity index (χ0n) is 23.7. The van der Waals surface area contributed by atoms with Gasteiger partial charge in [0.1, 0.15) is 24.2 Å². The fraction of sp³-hybridized carbons (Fsp3) is 0.567. The van der Waals surface area contributed by atoms with E-state index in [1.54, 1.807) is 12.1 Å². The van der Waals surface area contributed by atoms with Crippen molar-refractivity contribution in [1.82, 2.24) is 10.0 Å². The van der Waals surface area contributed by atoms with Crippen LogP contribution in [0.5, 0.6) is 5.75 Å². The van der Waals surface area contributed by atoms with Crippen molar-refractivity contribution >= 4 is 16.1 Å². The van der Waals surface area contributed by atoms with Crippen molar-refractivity contribution in [3.63, 3.8) is 0 Å². The molecule has 3 aliphatic rings. The Morgan fingerprint density at radius 1 is 1.02 bits per heavy atom. The number of fused-ring (bicyclic) bond motifs is 1. The lowest BCUT2D eigenvalue weighted by atomic mass is 9.97. The molecule has 6 atom stereocenters. The van der Waals surface area contributed by atoms with Crippen LogP contribution in [0.15, 0.2) is 59.5 Å². The quantitative estimate of drug-likeness (QED) is 0.312. The van der Waals surface area contributed by atoms with Crippen LogP contribution >= 0.6 is 0 Å². The van der Waals surface area contributed by atoms with Crippen molar-refractivity contribution in [3.05, 3.63) is 60.2 Å². The van der Waals surface area contributed by atoms with Gasteiger partial charge in [-0.15, -0.1) is 0 Å². The van der Waals surface area contributed by atoms with E-state index in [2.05, 4.69) is 10.0 Å². The van der Waals surface area contributed by atoms with Crippen LogP contribution < -0.4 is 14.8 Å². The van der Waals surface area contributed by atoms with E-state index in [9.17, 15) is 18.3 Å². The minimum atomic E-state index is -4.10. The fourth-order valence-electron chi connectivity index (χ4n) is 5.79. The summed E-state index contributed by atoms with van der Waals surface area (Å²) in [5, 5.41) is 14.5. The van der Waals surface area contributed by atoms with Gasteiger partial charge >= 0.3 is 6.09 Å². The van der Waals surface area contributed by atoms with Crippen LogP contribution in [0.25, 0.3) is 0 Å². The monoisotopic (exact) mass is 604 g/mol. The summed E-state index contributed by atoms with van der Waals surface area (Å²) in [7, 11) is -2.61. The van der Waals surface area contributed by atoms with Crippen LogP contribution in [-0.2, 0) is 35.4 Å². The number of hydrogen-bond donors (Lipinski definition) is 3. The van der Waals surface area contributed by atoms with Crippen LogP contribution in [0.3, 0.4) is 0 Å². The van der Waals surface area contributed by atoms with Crippen molar-refractivity contribution in [3.8, 4) is 5.75 Å². The summed E-state index contributed by atoms with van der Waals surface area (Å²) in [6, 6.07) is 14.3. The Balaban J connectivity index is 1.35. The molecular formula is C30H40N2O9S. The van der Waals surface area contributed by atoms with Gasteiger partial charge in [0.15, 0.2) is 6.29 Å². The highest BCUT2D eigenvalue weighted by atomic mass is 32.2. The van der Waals surface area contributed by atoms with Gasteiger partial charge in [-0.05, 0) is 61.9 Å². The normalized spacial score (nSPS) is 24.9. The maximum absolute atomic E-state index is 13.4. The highest BCUT2D eigenvalue weighted by Crippen LogP contribution is 2.32. The molecule has 230 valence electrons. The van der Waals surface area contributed by atoms with Crippen molar-refractivity contribution in [2.24, 2.45) is 5.92 Å². The molecule has 3 N–H and O–H groups in total. The van der Waals surface area contributed by atoms with Crippen molar-refractivity contribution in [1.29, 1.82) is 0 Å². The van der Waals surface area contributed by atoms with E-state index in [1.165, 1.54) is 19.2 Å². The Bertz CT molecular complexity index is 1260. The summed E-state index contributed by atoms with van der Waals surface area (Å²) in [5.74, 6) is 0.453. The van der Waals surface area contributed by atoms with Crippen LogP contribution in [0.4, 0.5) is 4.79 Å². The topological polar surface area (TPSA) is 142 Å². The molecule has 1 saturated carbocycles. The minimum absolute atomic E-state index is 0.00649. The van der Waals surface area contributed by atoms with Gasteiger partial charge < -0.3 is 34.1 Å². The third-order valence-corrected chi connectivity index (χ3v) is 9.52. The number of rotatable bonds is 12. The molecule has 2 aromatic carbocycles. The Kier molecular flexibility index (Phi) is 10.3. The Morgan fingerprint density at radius 3 is 2.48 bits per heavy atom. The smallest absolute Gasteiger partial charge is 0.407 e. The summed E-state index contributed by atoms with van der Waals surface area (Å²) < 4.78 is 57.7. The molecule has 2 heterocycles. The lowest BCUT2D eigenvalue weighted by Crippen LogP contribution is -2.57. The standard InChI is InChI=1S/C30H40N2O9S/c1-37-21-13-15-23(16-14-21)42(35,36)32-28(40-22-10-5-6-11-22)27(33)25(18-20-8-3-2-4-9-20)31-30(34)41-26-19-39-29-24(26)12-7-17-38-29/h2-4,8-9,13-16,22,24-29,32-33H,5-7,10-12,17-19H2,1H3,(H,31,34)/t24?,25-,26?,27+,28?,29?/m0/s1. The molecule has 4 unspecified atom stereocenters. The average Bonchev–Trinajstić information content (AvgIpc) is 3.67. The number of aliphatic hydroxyl groups is 1. The lowest BCUT2D eigenvalue weighted by Gasteiger charge is -2.33. The Labute approximate surface area is 246 Å². The molecule has 0 aromatic heterocycles. The first kappa shape index (κ1) is 30.7. The largest absolute Gasteiger partial charge is 0.497 e. The SMILES string of the molecule is COc1ccc(S(=O)(=O)NC(OC2CCCC2)[C@H](O)[C@H](Cc2ccccc2)NC(=O)OC2COC3OCCCC23)cc1. The molecule has 2 saturated heterocycles. The van der Waals surface area contributed by atoms with E-state index in [-0.39, 0.29) is 36.2 Å². The number of carbonyl (C=O) groups excluding carboxylic acids is 1. The number of aliphatic hydroxyl groups excluding tert-OH is 1. The molecule has 1 aliphatic carbocycles. The van der Waals surface area contributed by atoms with Gasteiger partial charge in [0.05, 0.1) is 30.8 Å². The number of amides is 1. The summed E-state index contributed by atoms with van der Waals surface area (Å²) in [4.78, 5) is 13.2. The number of benzene rings is 2. The molecule has 2 aromatic rings. The highest BCUT2D eigenvalue weighted by Gasteiger charge is 2.43. The van der Waals surface area contributed by atoms with Crippen LogP contribution in [0.2, 0.25) is 0 Å².